The third-order valence-electron chi connectivity index (χ3n) is 8.70. The van der Waals surface area contributed by atoms with E-state index in [4.69, 9.17) is 11.5 Å². The van der Waals surface area contributed by atoms with Gasteiger partial charge >= 0.3 is 11.9 Å². The monoisotopic (exact) mass is 798 g/mol. The molecule has 0 saturated carbocycles. The van der Waals surface area contributed by atoms with Gasteiger partial charge in [0.05, 0.1) is 19.4 Å². The summed E-state index contributed by atoms with van der Waals surface area (Å²) in [7, 11) is 0. The van der Waals surface area contributed by atoms with Gasteiger partial charge in [-0.1, -0.05) is 52.0 Å². The summed E-state index contributed by atoms with van der Waals surface area (Å²) in [5, 5.41) is 43.6. The van der Waals surface area contributed by atoms with Gasteiger partial charge in [-0.15, -0.1) is 0 Å². The molecule has 0 saturated heterocycles. The highest BCUT2D eigenvalue weighted by Crippen LogP contribution is 2.14. The predicted molar refractivity (Wildman–Crippen MR) is 207 cm³/mol. The van der Waals surface area contributed by atoms with Crippen LogP contribution in [0.1, 0.15) is 58.6 Å². The molecule has 0 aliphatic rings. The number of aromatic hydroxyl groups is 1. The molecule has 19 nitrogen and oxygen atoms in total. The summed E-state index contributed by atoms with van der Waals surface area (Å²) < 4.78 is 0. The standard InChI is InChI=1S/C38H54N8O11/c1-19(2)32(45-29(48)18-39)38(57)46-33(20(3)4)37(56)44-28(17-31(51)52)36(55)43-27(15-23-6-10-24(40)11-7-23)35(54)41-21(5)34(53)42-25(16-30(49)50)14-22-8-12-26(47)13-9-22/h6-13,19-21,25,27-28,32-33,47H,14-18,39-40H2,1-5H3,(H,41,54)(H,42,53)(H,43,55)(H,44,56)(H,45,48)(H,46,57)(H,49,50)(H,51,52)/t21-,25+,27+,28+,32+,33+/m1/s1. The van der Waals surface area contributed by atoms with Crippen molar-refractivity contribution in [2.45, 2.75) is 96.6 Å². The number of carboxylic acids is 2. The Morgan fingerprint density at radius 2 is 1.04 bits per heavy atom. The van der Waals surface area contributed by atoms with Crippen molar-refractivity contribution >= 4 is 53.1 Å². The van der Waals surface area contributed by atoms with Gasteiger partial charge in [0, 0.05) is 18.2 Å². The van der Waals surface area contributed by atoms with Crippen molar-refractivity contribution in [1.82, 2.24) is 31.9 Å². The third kappa shape index (κ3) is 16.2. The summed E-state index contributed by atoms with van der Waals surface area (Å²) in [6.45, 7) is 7.49. The van der Waals surface area contributed by atoms with Crippen molar-refractivity contribution in [3.8, 4) is 5.75 Å². The maximum atomic E-state index is 13.7. The number of anilines is 1. The number of rotatable bonds is 22. The highest BCUT2D eigenvalue weighted by molar-refractivity contribution is 5.97. The molecule has 0 fully saturated rings. The topological polar surface area (TPSA) is 321 Å². The summed E-state index contributed by atoms with van der Waals surface area (Å²) in [6, 6.07) is 4.56. The molecule has 6 amide bonds. The number of nitrogens with two attached hydrogens (primary N) is 2. The van der Waals surface area contributed by atoms with Crippen molar-refractivity contribution in [1.29, 1.82) is 0 Å². The van der Waals surface area contributed by atoms with Gasteiger partial charge in [-0.3, -0.25) is 38.4 Å². The molecular formula is C38H54N8O11. The number of aliphatic carboxylic acids is 2. The fraction of sp³-hybridized carbons (Fsp3) is 0.474. The number of carboxylic acid groups (broad SMARTS) is 2. The Morgan fingerprint density at radius 3 is 1.56 bits per heavy atom. The lowest BCUT2D eigenvalue weighted by Gasteiger charge is -2.29. The normalized spacial score (nSPS) is 14.2. The molecule has 0 unspecified atom stereocenters. The van der Waals surface area contributed by atoms with E-state index < -0.39 is 108 Å². The maximum absolute atomic E-state index is 13.7. The van der Waals surface area contributed by atoms with Crippen molar-refractivity contribution in [3.05, 3.63) is 59.7 Å². The van der Waals surface area contributed by atoms with Crippen LogP contribution in [-0.4, -0.2) is 105 Å². The Balaban J connectivity index is 2.31. The van der Waals surface area contributed by atoms with Gasteiger partial charge in [0.1, 0.15) is 36.0 Å². The van der Waals surface area contributed by atoms with Crippen LogP contribution in [-0.2, 0) is 51.2 Å². The highest BCUT2D eigenvalue weighted by Gasteiger charge is 2.35. The van der Waals surface area contributed by atoms with Crippen LogP contribution in [0.25, 0.3) is 0 Å². The van der Waals surface area contributed by atoms with Crippen LogP contribution in [0, 0.1) is 11.8 Å². The molecule has 2 rings (SSSR count). The van der Waals surface area contributed by atoms with Gasteiger partial charge in [0.2, 0.25) is 35.4 Å². The van der Waals surface area contributed by atoms with Crippen molar-refractivity contribution in [2.24, 2.45) is 17.6 Å². The van der Waals surface area contributed by atoms with E-state index in [1.54, 1.807) is 64.1 Å². The molecule has 19 heteroatoms. The number of benzene rings is 2. The van der Waals surface area contributed by atoms with E-state index in [9.17, 15) is 53.7 Å². The Bertz CT molecular complexity index is 1730. The Labute approximate surface area is 330 Å². The largest absolute Gasteiger partial charge is 0.508 e. The highest BCUT2D eigenvalue weighted by atomic mass is 16.4. The lowest BCUT2D eigenvalue weighted by atomic mass is 9.99. The van der Waals surface area contributed by atoms with Crippen LogP contribution < -0.4 is 43.4 Å². The molecule has 0 heterocycles. The zero-order valence-electron chi connectivity index (χ0n) is 32.5. The van der Waals surface area contributed by atoms with E-state index in [0.29, 0.717) is 16.8 Å². The molecule has 0 aromatic heterocycles. The van der Waals surface area contributed by atoms with Crippen LogP contribution >= 0.6 is 0 Å². The molecule has 0 spiro atoms. The maximum Gasteiger partial charge on any atom is 0.305 e. The van der Waals surface area contributed by atoms with Crippen molar-refractivity contribution < 1.29 is 53.7 Å². The van der Waals surface area contributed by atoms with E-state index in [1.807, 2.05) is 0 Å². The van der Waals surface area contributed by atoms with Gasteiger partial charge < -0.3 is 58.7 Å². The van der Waals surface area contributed by atoms with Gasteiger partial charge in [-0.2, -0.15) is 0 Å². The molecule has 2 aromatic carbocycles. The zero-order valence-corrected chi connectivity index (χ0v) is 32.5. The fourth-order valence-electron chi connectivity index (χ4n) is 5.57. The van der Waals surface area contributed by atoms with Crippen molar-refractivity contribution in [2.75, 3.05) is 12.3 Å². The summed E-state index contributed by atoms with van der Waals surface area (Å²) in [6.07, 6.45) is -1.45. The lowest BCUT2D eigenvalue weighted by molar-refractivity contribution is -0.142. The number of carbonyl (C=O) groups is 8. The first-order chi connectivity index (χ1) is 26.7. The minimum Gasteiger partial charge on any atom is -0.508 e. The second kappa shape index (κ2) is 22.3. The first-order valence-corrected chi connectivity index (χ1v) is 18.3. The molecule has 0 radical (unpaired) electrons. The second-order valence-electron chi connectivity index (χ2n) is 14.3. The van der Waals surface area contributed by atoms with Crippen LogP contribution in [0.2, 0.25) is 0 Å². The molecule has 0 bridgehead atoms. The van der Waals surface area contributed by atoms with Gasteiger partial charge in [0.25, 0.3) is 0 Å². The molecule has 13 N–H and O–H groups in total. The van der Waals surface area contributed by atoms with Gasteiger partial charge in [0.15, 0.2) is 0 Å². The predicted octanol–water partition coefficient (Wildman–Crippen LogP) is -1.09. The minimum absolute atomic E-state index is 0.00126. The second-order valence-corrected chi connectivity index (χ2v) is 14.3. The molecule has 57 heavy (non-hydrogen) atoms. The zero-order chi connectivity index (χ0) is 43.0. The lowest BCUT2D eigenvalue weighted by Crippen LogP contribution is -2.61. The fourth-order valence-corrected chi connectivity index (χ4v) is 5.57. The number of amides is 6. The molecule has 2 aromatic rings. The van der Waals surface area contributed by atoms with Crippen LogP contribution in [0.5, 0.6) is 5.75 Å². The molecule has 0 aliphatic carbocycles. The van der Waals surface area contributed by atoms with E-state index in [1.165, 1.54) is 19.1 Å². The smallest absolute Gasteiger partial charge is 0.305 e. The van der Waals surface area contributed by atoms with E-state index >= 15 is 0 Å². The average molecular weight is 799 g/mol. The Hall–Kier alpha value is -6.24. The number of nitrogens with one attached hydrogen (secondary N) is 6. The van der Waals surface area contributed by atoms with Gasteiger partial charge in [-0.25, -0.2) is 0 Å². The summed E-state index contributed by atoms with van der Waals surface area (Å²) in [4.78, 5) is 103. The summed E-state index contributed by atoms with van der Waals surface area (Å²) in [5.74, 6) is -8.57. The summed E-state index contributed by atoms with van der Waals surface area (Å²) in [5.41, 5.74) is 12.7. The molecule has 0 aliphatic heterocycles. The van der Waals surface area contributed by atoms with Gasteiger partial charge in [-0.05, 0) is 60.6 Å². The quantitative estimate of drug-likeness (QED) is 0.0632. The minimum atomic E-state index is -1.75. The Morgan fingerprint density at radius 1 is 0.561 bits per heavy atom. The van der Waals surface area contributed by atoms with E-state index in [0.717, 1.165) is 0 Å². The number of carbonyl (C=O) groups excluding carboxylic acids is 6. The SMILES string of the molecule is CC(C)[C@H](NC(=O)CN)C(=O)N[C@H](C(=O)N[C@@H](CC(=O)O)C(=O)N[C@@H](Cc1ccc(N)cc1)C(=O)N[C@H](C)C(=O)N[C@H](CC(=O)O)Cc1ccc(O)cc1)C(C)C. The van der Waals surface area contributed by atoms with Crippen LogP contribution in [0.3, 0.4) is 0 Å². The molecule has 6 atom stereocenters. The van der Waals surface area contributed by atoms with E-state index in [2.05, 4.69) is 31.9 Å². The number of phenolic OH excluding ortho intramolecular Hbond substituents is 1. The summed E-state index contributed by atoms with van der Waals surface area (Å²) >= 11 is 0. The number of hydrogen-bond acceptors (Lipinski definition) is 11. The van der Waals surface area contributed by atoms with Crippen LogP contribution in [0.4, 0.5) is 5.69 Å². The molecular weight excluding hydrogens is 744 g/mol. The number of phenols is 1. The Kier molecular flexibility index (Phi) is 18.4. The van der Waals surface area contributed by atoms with Crippen molar-refractivity contribution in [3.63, 3.8) is 0 Å². The molecule has 312 valence electrons. The van der Waals surface area contributed by atoms with Crippen LogP contribution in [0.15, 0.2) is 48.5 Å². The third-order valence-corrected chi connectivity index (χ3v) is 8.70. The van der Waals surface area contributed by atoms with E-state index in [-0.39, 0.29) is 25.1 Å². The first kappa shape index (κ1) is 46.9. The average Bonchev–Trinajstić information content (AvgIpc) is 3.12. The number of hydrogen-bond donors (Lipinski definition) is 11. The first-order valence-electron chi connectivity index (χ1n) is 18.3. The number of nitrogen functional groups attached to an aromatic ring is 1.